The molecule has 4 heteroatoms. The van der Waals surface area contributed by atoms with E-state index in [0.29, 0.717) is 0 Å². The normalized spacial score (nSPS) is 17.1. The van der Waals surface area contributed by atoms with Gasteiger partial charge in [0, 0.05) is 10.3 Å². The molecular formula is C14H21NO2S. The first kappa shape index (κ1) is 13.6. The molecule has 2 N–H and O–H groups in total. The van der Waals surface area contributed by atoms with Crippen LogP contribution in [0.3, 0.4) is 0 Å². The van der Waals surface area contributed by atoms with E-state index in [1.54, 1.807) is 18.3 Å². The van der Waals surface area contributed by atoms with Crippen LogP contribution in [0.25, 0.3) is 0 Å². The maximum Gasteiger partial charge on any atom is 0.252 e. The fraction of sp³-hybridized carbons (Fsp3) is 0.643. The summed E-state index contributed by atoms with van der Waals surface area (Å²) < 4.78 is 0. The first-order valence-electron chi connectivity index (χ1n) is 6.51. The Bertz CT molecular complexity index is 449. The molecule has 1 aliphatic carbocycles. The highest BCUT2D eigenvalue weighted by Crippen LogP contribution is 2.30. The molecule has 0 aliphatic heterocycles. The molecule has 2 rings (SSSR count). The zero-order chi connectivity index (χ0) is 13.3. The minimum absolute atomic E-state index is 0.0553. The summed E-state index contributed by atoms with van der Waals surface area (Å²) in [5.74, 6) is -0.0553. The molecule has 0 saturated heterocycles. The number of carbonyl (C=O) groups excluding carboxylic acids is 1. The van der Waals surface area contributed by atoms with Crippen LogP contribution in [0.15, 0.2) is 5.38 Å². The fourth-order valence-electron chi connectivity index (χ4n) is 2.15. The van der Waals surface area contributed by atoms with Gasteiger partial charge in [-0.3, -0.25) is 4.79 Å². The second-order valence-electron chi connectivity index (χ2n) is 5.61. The van der Waals surface area contributed by atoms with Crippen molar-refractivity contribution in [2.75, 3.05) is 0 Å². The van der Waals surface area contributed by atoms with Gasteiger partial charge in [0.2, 0.25) is 0 Å². The van der Waals surface area contributed by atoms with Crippen LogP contribution < -0.4 is 5.32 Å². The lowest BCUT2D eigenvalue weighted by Crippen LogP contribution is -2.51. The van der Waals surface area contributed by atoms with Crippen LogP contribution in [0.4, 0.5) is 0 Å². The fourth-order valence-corrected chi connectivity index (χ4v) is 3.27. The minimum atomic E-state index is -0.597. The van der Waals surface area contributed by atoms with Gasteiger partial charge in [-0.2, -0.15) is 0 Å². The first-order valence-corrected chi connectivity index (χ1v) is 7.39. The number of aryl methyl sites for hydroxylation is 1. The highest BCUT2D eigenvalue weighted by molar-refractivity contribution is 7.10. The zero-order valence-electron chi connectivity index (χ0n) is 11.2. The zero-order valence-corrected chi connectivity index (χ0v) is 12.1. The second kappa shape index (κ2) is 5.02. The van der Waals surface area contributed by atoms with Gasteiger partial charge in [-0.05, 0) is 52.0 Å². The number of amides is 1. The van der Waals surface area contributed by atoms with E-state index in [1.807, 2.05) is 19.2 Å². The summed E-state index contributed by atoms with van der Waals surface area (Å²) in [5.41, 5.74) is 1.44. The Hall–Kier alpha value is -0.870. The Labute approximate surface area is 112 Å². The van der Waals surface area contributed by atoms with Gasteiger partial charge in [-0.15, -0.1) is 11.3 Å². The quantitative estimate of drug-likeness (QED) is 0.884. The number of thiophene rings is 1. The molecule has 1 heterocycles. The highest BCUT2D eigenvalue weighted by atomic mass is 32.1. The Morgan fingerprint density at radius 2 is 2.11 bits per heavy atom. The van der Waals surface area contributed by atoms with Crippen molar-refractivity contribution in [1.29, 1.82) is 0 Å². The number of nitrogens with one attached hydrogen (secondary N) is 1. The van der Waals surface area contributed by atoms with Gasteiger partial charge in [-0.25, -0.2) is 0 Å². The van der Waals surface area contributed by atoms with Crippen molar-refractivity contribution in [1.82, 2.24) is 5.32 Å². The average Bonchev–Trinajstić information content (AvgIpc) is 2.71. The summed E-state index contributed by atoms with van der Waals surface area (Å²) in [5, 5.41) is 14.5. The Kier molecular flexibility index (Phi) is 3.78. The van der Waals surface area contributed by atoms with E-state index in [2.05, 4.69) is 5.32 Å². The number of aliphatic hydroxyl groups excluding tert-OH is 1. The van der Waals surface area contributed by atoms with Crippen molar-refractivity contribution in [3.05, 3.63) is 21.4 Å². The van der Waals surface area contributed by atoms with Crippen LogP contribution in [-0.4, -0.2) is 22.7 Å². The molecule has 0 saturated carbocycles. The SMILES string of the molecule is CC(O)C(C)(C)NC(=O)c1csc2c1CCCC2. The van der Waals surface area contributed by atoms with Crippen LogP contribution in [0, 0.1) is 0 Å². The summed E-state index contributed by atoms with van der Waals surface area (Å²) in [4.78, 5) is 13.6. The number of hydrogen-bond acceptors (Lipinski definition) is 3. The molecule has 0 radical (unpaired) electrons. The van der Waals surface area contributed by atoms with Gasteiger partial charge in [-0.1, -0.05) is 0 Å². The topological polar surface area (TPSA) is 49.3 Å². The maximum absolute atomic E-state index is 12.3. The minimum Gasteiger partial charge on any atom is -0.391 e. The lowest BCUT2D eigenvalue weighted by molar-refractivity contribution is 0.0709. The van der Waals surface area contributed by atoms with Crippen LogP contribution in [-0.2, 0) is 12.8 Å². The van der Waals surface area contributed by atoms with Gasteiger partial charge in [0.1, 0.15) is 0 Å². The lowest BCUT2D eigenvalue weighted by atomic mass is 9.94. The molecule has 18 heavy (non-hydrogen) atoms. The molecule has 3 nitrogen and oxygen atoms in total. The summed E-state index contributed by atoms with van der Waals surface area (Å²) in [6.07, 6.45) is 3.94. The molecule has 0 bridgehead atoms. The third-order valence-electron chi connectivity index (χ3n) is 3.79. The van der Waals surface area contributed by atoms with E-state index >= 15 is 0 Å². The van der Waals surface area contributed by atoms with Gasteiger partial charge >= 0.3 is 0 Å². The predicted molar refractivity (Wildman–Crippen MR) is 74.2 cm³/mol. The van der Waals surface area contributed by atoms with Crippen molar-refractivity contribution in [2.45, 2.75) is 58.1 Å². The van der Waals surface area contributed by atoms with Crippen molar-refractivity contribution < 1.29 is 9.90 Å². The van der Waals surface area contributed by atoms with Crippen LogP contribution in [0.2, 0.25) is 0 Å². The van der Waals surface area contributed by atoms with Gasteiger partial charge in [0.15, 0.2) is 0 Å². The van der Waals surface area contributed by atoms with Crippen molar-refractivity contribution >= 4 is 17.2 Å². The van der Waals surface area contributed by atoms with Crippen molar-refractivity contribution in [2.24, 2.45) is 0 Å². The first-order chi connectivity index (χ1) is 8.42. The molecular weight excluding hydrogens is 246 g/mol. The molecule has 1 atom stereocenters. The predicted octanol–water partition coefficient (Wildman–Crippen LogP) is 2.52. The lowest BCUT2D eigenvalue weighted by Gasteiger charge is -2.29. The standard InChI is InChI=1S/C14H21NO2S/c1-9(16)14(2,3)15-13(17)11-8-18-12-7-5-4-6-10(11)12/h8-9,16H,4-7H2,1-3H3,(H,15,17). The molecule has 1 amide bonds. The van der Waals surface area contributed by atoms with Gasteiger partial charge in [0.05, 0.1) is 17.2 Å². The number of carbonyl (C=O) groups is 1. The molecule has 1 aromatic rings. The van der Waals surface area contributed by atoms with Crippen molar-refractivity contribution in [3.8, 4) is 0 Å². The van der Waals surface area contributed by atoms with Crippen LogP contribution in [0.1, 0.15) is 54.4 Å². The Balaban J connectivity index is 2.17. The van der Waals surface area contributed by atoms with E-state index in [-0.39, 0.29) is 5.91 Å². The van der Waals surface area contributed by atoms with E-state index in [4.69, 9.17) is 0 Å². The third-order valence-corrected chi connectivity index (χ3v) is 4.87. The summed E-state index contributed by atoms with van der Waals surface area (Å²) in [6, 6.07) is 0. The molecule has 1 unspecified atom stereocenters. The molecule has 0 aromatic carbocycles. The van der Waals surface area contributed by atoms with E-state index in [1.165, 1.54) is 23.3 Å². The average molecular weight is 267 g/mol. The molecule has 1 aromatic heterocycles. The van der Waals surface area contributed by atoms with Gasteiger partial charge in [0.25, 0.3) is 5.91 Å². The number of rotatable bonds is 3. The van der Waals surface area contributed by atoms with Crippen LogP contribution >= 0.6 is 11.3 Å². The number of hydrogen-bond donors (Lipinski definition) is 2. The molecule has 100 valence electrons. The third kappa shape index (κ3) is 2.59. The smallest absolute Gasteiger partial charge is 0.252 e. The largest absolute Gasteiger partial charge is 0.391 e. The van der Waals surface area contributed by atoms with E-state index in [0.717, 1.165) is 18.4 Å². The second-order valence-corrected chi connectivity index (χ2v) is 6.57. The highest BCUT2D eigenvalue weighted by Gasteiger charge is 2.28. The molecule has 1 aliphatic rings. The van der Waals surface area contributed by atoms with E-state index in [9.17, 15) is 9.90 Å². The summed E-state index contributed by atoms with van der Waals surface area (Å²) in [7, 11) is 0. The van der Waals surface area contributed by atoms with Gasteiger partial charge < -0.3 is 10.4 Å². The molecule has 0 spiro atoms. The monoisotopic (exact) mass is 267 g/mol. The number of aliphatic hydroxyl groups is 1. The summed E-state index contributed by atoms with van der Waals surface area (Å²) in [6.45, 7) is 5.38. The Morgan fingerprint density at radius 3 is 2.78 bits per heavy atom. The Morgan fingerprint density at radius 1 is 1.44 bits per heavy atom. The molecule has 0 fully saturated rings. The van der Waals surface area contributed by atoms with Crippen LogP contribution in [0.5, 0.6) is 0 Å². The van der Waals surface area contributed by atoms with E-state index < -0.39 is 11.6 Å². The maximum atomic E-state index is 12.3. The number of fused-ring (bicyclic) bond motifs is 1. The van der Waals surface area contributed by atoms with Crippen molar-refractivity contribution in [3.63, 3.8) is 0 Å². The summed E-state index contributed by atoms with van der Waals surface area (Å²) >= 11 is 1.69.